The van der Waals surface area contributed by atoms with Crippen LogP contribution in [0.15, 0.2) is 12.2 Å². The first kappa shape index (κ1) is 13.2. The van der Waals surface area contributed by atoms with E-state index in [2.05, 4.69) is 0 Å². The van der Waals surface area contributed by atoms with Gasteiger partial charge in [-0.25, -0.2) is 4.79 Å². The molecule has 0 aromatic heterocycles. The molecule has 0 bridgehead atoms. The van der Waals surface area contributed by atoms with Gasteiger partial charge in [-0.2, -0.15) is 0 Å². The lowest BCUT2D eigenvalue weighted by Gasteiger charge is -2.34. The van der Waals surface area contributed by atoms with Gasteiger partial charge in [0.15, 0.2) is 5.60 Å². The van der Waals surface area contributed by atoms with E-state index < -0.39 is 11.6 Å². The normalized spacial score (nSPS) is 21.9. The Labute approximate surface area is 97.5 Å². The molecule has 1 aliphatic rings. The zero-order valence-corrected chi connectivity index (χ0v) is 10.2. The number of carbonyl (C=O) groups excluding carboxylic acids is 1. The lowest BCUT2D eigenvalue weighted by Crippen LogP contribution is -2.46. The van der Waals surface area contributed by atoms with Crippen molar-refractivity contribution >= 4 is 5.97 Å². The van der Waals surface area contributed by atoms with Crippen LogP contribution in [0.3, 0.4) is 0 Å². The monoisotopic (exact) mass is 226 g/mol. The fourth-order valence-electron chi connectivity index (χ4n) is 2.41. The van der Waals surface area contributed by atoms with E-state index in [0.29, 0.717) is 6.61 Å². The van der Waals surface area contributed by atoms with E-state index in [4.69, 9.17) is 4.74 Å². The minimum Gasteiger partial charge on any atom is -0.464 e. The molecule has 0 aliphatic heterocycles. The Bertz CT molecular complexity index is 254. The molecule has 16 heavy (non-hydrogen) atoms. The third-order valence-electron chi connectivity index (χ3n) is 3.25. The van der Waals surface area contributed by atoms with E-state index in [9.17, 15) is 9.90 Å². The van der Waals surface area contributed by atoms with Crippen molar-refractivity contribution in [2.75, 3.05) is 6.61 Å². The molecule has 0 aromatic carbocycles. The van der Waals surface area contributed by atoms with E-state index in [1.54, 1.807) is 19.1 Å². The van der Waals surface area contributed by atoms with Gasteiger partial charge in [0.1, 0.15) is 0 Å². The molecular weight excluding hydrogens is 204 g/mol. The second-order valence-electron chi connectivity index (χ2n) is 4.38. The van der Waals surface area contributed by atoms with Crippen LogP contribution in [0.4, 0.5) is 0 Å². The number of carbonyl (C=O) groups is 1. The summed E-state index contributed by atoms with van der Waals surface area (Å²) in [6, 6.07) is 0. The van der Waals surface area contributed by atoms with Crippen molar-refractivity contribution in [3.63, 3.8) is 0 Å². The van der Waals surface area contributed by atoms with Crippen LogP contribution in [0, 0.1) is 5.92 Å². The third-order valence-corrected chi connectivity index (χ3v) is 3.25. The number of hydrogen-bond acceptors (Lipinski definition) is 3. The maximum atomic E-state index is 11.8. The summed E-state index contributed by atoms with van der Waals surface area (Å²) in [7, 11) is 0. The maximum Gasteiger partial charge on any atom is 0.342 e. The summed E-state index contributed by atoms with van der Waals surface area (Å²) in [6.45, 7) is 3.88. The van der Waals surface area contributed by atoms with Crippen LogP contribution in [0.5, 0.6) is 0 Å². The summed E-state index contributed by atoms with van der Waals surface area (Å²) < 4.78 is 4.97. The predicted octanol–water partition coefficient (Wildman–Crippen LogP) is 2.44. The summed E-state index contributed by atoms with van der Waals surface area (Å²) in [4.78, 5) is 11.8. The quantitative estimate of drug-likeness (QED) is 0.591. The van der Waals surface area contributed by atoms with E-state index >= 15 is 0 Å². The van der Waals surface area contributed by atoms with Gasteiger partial charge < -0.3 is 9.84 Å². The number of allylic oxidation sites excluding steroid dienone is 1. The first-order valence-electron chi connectivity index (χ1n) is 6.18. The van der Waals surface area contributed by atoms with Crippen molar-refractivity contribution in [1.82, 2.24) is 0 Å². The summed E-state index contributed by atoms with van der Waals surface area (Å²) in [5.41, 5.74) is -1.41. The van der Waals surface area contributed by atoms with Crippen molar-refractivity contribution in [2.24, 2.45) is 5.92 Å². The van der Waals surface area contributed by atoms with E-state index in [1.807, 2.05) is 6.92 Å². The summed E-state index contributed by atoms with van der Waals surface area (Å²) in [5.74, 6) is -0.489. The van der Waals surface area contributed by atoms with Gasteiger partial charge in [0, 0.05) is 5.92 Å². The molecule has 3 heteroatoms. The molecule has 1 N–H and O–H groups in total. The van der Waals surface area contributed by atoms with Crippen LogP contribution in [0.1, 0.15) is 46.0 Å². The number of rotatable bonds is 4. The Morgan fingerprint density at radius 2 is 2.06 bits per heavy atom. The highest BCUT2D eigenvalue weighted by Crippen LogP contribution is 2.34. The lowest BCUT2D eigenvalue weighted by molar-refractivity contribution is -0.166. The van der Waals surface area contributed by atoms with Crippen molar-refractivity contribution in [3.8, 4) is 0 Å². The van der Waals surface area contributed by atoms with Gasteiger partial charge >= 0.3 is 5.97 Å². The molecule has 0 heterocycles. The molecule has 3 nitrogen and oxygen atoms in total. The van der Waals surface area contributed by atoms with Crippen molar-refractivity contribution in [2.45, 2.75) is 51.6 Å². The molecule has 0 amide bonds. The topological polar surface area (TPSA) is 46.5 Å². The molecule has 1 rings (SSSR count). The second kappa shape index (κ2) is 6.04. The Balaban J connectivity index is 2.81. The Kier molecular flexibility index (Phi) is 5.00. The van der Waals surface area contributed by atoms with Crippen LogP contribution in [-0.2, 0) is 9.53 Å². The van der Waals surface area contributed by atoms with Gasteiger partial charge in [0.05, 0.1) is 6.61 Å². The van der Waals surface area contributed by atoms with Gasteiger partial charge in [0.25, 0.3) is 0 Å². The minimum absolute atomic E-state index is 0.0106. The van der Waals surface area contributed by atoms with Crippen molar-refractivity contribution < 1.29 is 14.6 Å². The van der Waals surface area contributed by atoms with Gasteiger partial charge in [-0.3, -0.25) is 0 Å². The smallest absolute Gasteiger partial charge is 0.342 e. The zero-order chi connectivity index (χ0) is 12.0. The third kappa shape index (κ3) is 2.85. The zero-order valence-electron chi connectivity index (χ0n) is 10.2. The van der Waals surface area contributed by atoms with Crippen LogP contribution < -0.4 is 0 Å². The molecular formula is C13H22O3. The van der Waals surface area contributed by atoms with Crippen LogP contribution in [-0.4, -0.2) is 23.3 Å². The summed E-state index contributed by atoms with van der Waals surface area (Å²) in [5, 5.41) is 10.5. The summed E-state index contributed by atoms with van der Waals surface area (Å²) in [6.07, 6.45) is 8.49. The molecule has 1 atom stereocenters. The molecule has 1 fully saturated rings. The number of esters is 1. The van der Waals surface area contributed by atoms with E-state index in [0.717, 1.165) is 25.7 Å². The average Bonchev–Trinajstić information content (AvgIpc) is 2.30. The highest BCUT2D eigenvalue weighted by Gasteiger charge is 2.43. The molecule has 1 aliphatic carbocycles. The summed E-state index contributed by atoms with van der Waals surface area (Å²) >= 11 is 0. The fraction of sp³-hybridized carbons (Fsp3) is 0.769. The van der Waals surface area contributed by atoms with Crippen LogP contribution >= 0.6 is 0 Å². The molecule has 1 unspecified atom stereocenters. The van der Waals surface area contributed by atoms with Crippen LogP contribution in [0.2, 0.25) is 0 Å². The van der Waals surface area contributed by atoms with E-state index in [1.165, 1.54) is 6.42 Å². The average molecular weight is 226 g/mol. The highest BCUT2D eigenvalue weighted by molar-refractivity contribution is 5.82. The lowest BCUT2D eigenvalue weighted by atomic mass is 9.76. The van der Waals surface area contributed by atoms with Crippen molar-refractivity contribution in [3.05, 3.63) is 12.2 Å². The SMILES string of the molecule is C/C=C/C(O)(C(=O)OCC)C1CCCCC1. The molecule has 0 radical (unpaired) electrons. The number of ether oxygens (including phenoxy) is 1. The van der Waals surface area contributed by atoms with E-state index in [-0.39, 0.29) is 5.92 Å². The Morgan fingerprint density at radius 3 is 2.56 bits per heavy atom. The number of aliphatic hydroxyl groups is 1. The molecule has 0 saturated heterocycles. The minimum atomic E-state index is -1.41. The highest BCUT2D eigenvalue weighted by atomic mass is 16.5. The molecule has 92 valence electrons. The molecule has 0 spiro atoms. The van der Waals surface area contributed by atoms with Gasteiger partial charge in [0.2, 0.25) is 0 Å². The molecule has 0 aromatic rings. The fourth-order valence-corrected chi connectivity index (χ4v) is 2.41. The number of hydrogen-bond donors (Lipinski definition) is 1. The van der Waals surface area contributed by atoms with Crippen LogP contribution in [0.25, 0.3) is 0 Å². The first-order valence-corrected chi connectivity index (χ1v) is 6.18. The van der Waals surface area contributed by atoms with Gasteiger partial charge in [-0.15, -0.1) is 0 Å². The van der Waals surface area contributed by atoms with Crippen molar-refractivity contribution in [1.29, 1.82) is 0 Å². The second-order valence-corrected chi connectivity index (χ2v) is 4.38. The molecule has 1 saturated carbocycles. The maximum absolute atomic E-state index is 11.8. The first-order chi connectivity index (χ1) is 7.65. The van der Waals surface area contributed by atoms with Gasteiger partial charge in [-0.05, 0) is 32.8 Å². The predicted molar refractivity (Wildman–Crippen MR) is 63.0 cm³/mol. The standard InChI is InChI=1S/C13H22O3/c1-3-10-13(15,12(14)16-4-2)11-8-6-5-7-9-11/h3,10-11,15H,4-9H2,1-2H3/b10-3+. The van der Waals surface area contributed by atoms with Gasteiger partial charge in [-0.1, -0.05) is 25.3 Å². The largest absolute Gasteiger partial charge is 0.464 e. The Hall–Kier alpha value is -0.830. The Morgan fingerprint density at radius 1 is 1.44 bits per heavy atom.